The molecule has 0 fully saturated rings. The van der Waals surface area contributed by atoms with E-state index in [1.54, 1.807) is 0 Å². The maximum absolute atomic E-state index is 13.7. The molecule has 0 spiro atoms. The first-order valence-corrected chi connectivity index (χ1v) is 6.17. The summed E-state index contributed by atoms with van der Waals surface area (Å²) in [6.45, 7) is 3.53. The highest BCUT2D eigenvalue weighted by Gasteiger charge is 2.12. The van der Waals surface area contributed by atoms with Crippen LogP contribution in [0.1, 0.15) is 15.9 Å². The third-order valence-electron chi connectivity index (χ3n) is 2.60. The van der Waals surface area contributed by atoms with E-state index < -0.39 is 17.5 Å². The lowest BCUT2D eigenvalue weighted by molar-refractivity contribution is 0.0942. The van der Waals surface area contributed by atoms with Crippen molar-refractivity contribution in [2.45, 2.75) is 0 Å². The number of carbonyl (C=O) groups excluding carboxylic acids is 1. The van der Waals surface area contributed by atoms with Gasteiger partial charge >= 0.3 is 0 Å². The number of halogens is 3. The van der Waals surface area contributed by atoms with E-state index >= 15 is 0 Å². The van der Waals surface area contributed by atoms with Crippen LogP contribution in [0, 0.1) is 11.6 Å². The lowest BCUT2D eigenvalue weighted by Gasteiger charge is -2.12. The summed E-state index contributed by atoms with van der Waals surface area (Å²) in [6, 6.07) is 4.74. The molecule has 108 valence electrons. The van der Waals surface area contributed by atoms with Crippen molar-refractivity contribution in [3.63, 3.8) is 0 Å². The van der Waals surface area contributed by atoms with Gasteiger partial charge in [-0.1, -0.05) is 18.2 Å². The molecule has 0 saturated carbocycles. The molecule has 1 amide bonds. The van der Waals surface area contributed by atoms with Gasteiger partial charge in [0.1, 0.15) is 11.6 Å². The molecule has 1 aromatic carbocycles. The average molecular weight is 310 g/mol. The van der Waals surface area contributed by atoms with Crippen molar-refractivity contribution in [3.8, 4) is 0 Å². The number of carbonyl (C=O) groups is 1. The number of nitrogens with one attached hydrogen (secondary N) is 2. The molecular formula is C14H10ClF2N3O. The minimum Gasteiger partial charge on any atom is -0.298 e. The van der Waals surface area contributed by atoms with E-state index in [2.05, 4.69) is 22.4 Å². The number of hydrazine groups is 1. The summed E-state index contributed by atoms with van der Waals surface area (Å²) in [6.07, 6.45) is 2.91. The normalized spacial score (nSPS) is 10.0. The molecule has 4 nitrogen and oxygen atoms in total. The summed E-state index contributed by atoms with van der Waals surface area (Å²) in [7, 11) is 0. The Hall–Kier alpha value is -2.47. The second-order valence-corrected chi connectivity index (χ2v) is 4.45. The zero-order valence-corrected chi connectivity index (χ0v) is 11.4. The molecule has 0 bridgehead atoms. The van der Waals surface area contributed by atoms with Gasteiger partial charge in [-0.05, 0) is 24.3 Å². The van der Waals surface area contributed by atoms with Crippen molar-refractivity contribution in [2.24, 2.45) is 0 Å². The molecule has 0 saturated heterocycles. The van der Waals surface area contributed by atoms with Crippen LogP contribution in [0.4, 0.5) is 8.78 Å². The fraction of sp³-hybridized carbons (Fsp3) is 0. The Labute approximate surface area is 124 Å². The number of aromatic nitrogens is 1. The molecule has 7 heteroatoms. The van der Waals surface area contributed by atoms with Gasteiger partial charge in [0.2, 0.25) is 0 Å². The Morgan fingerprint density at radius 3 is 2.48 bits per heavy atom. The zero-order chi connectivity index (χ0) is 15.4. The van der Waals surface area contributed by atoms with Gasteiger partial charge in [-0.15, -0.1) is 0 Å². The van der Waals surface area contributed by atoms with Crippen LogP contribution in [0.25, 0.3) is 5.70 Å². The van der Waals surface area contributed by atoms with E-state index in [0.717, 1.165) is 12.1 Å². The van der Waals surface area contributed by atoms with Gasteiger partial charge < -0.3 is 0 Å². The van der Waals surface area contributed by atoms with Crippen molar-refractivity contribution >= 4 is 23.2 Å². The van der Waals surface area contributed by atoms with Crippen LogP contribution in [0.2, 0.25) is 5.02 Å². The molecule has 0 radical (unpaired) electrons. The summed E-state index contributed by atoms with van der Waals surface area (Å²) in [5.41, 5.74) is 4.95. The Balaban J connectivity index is 2.06. The first-order valence-electron chi connectivity index (χ1n) is 5.79. The molecule has 2 N–H and O–H groups in total. The van der Waals surface area contributed by atoms with Crippen LogP contribution in [0.3, 0.4) is 0 Å². The smallest absolute Gasteiger partial charge is 0.269 e. The van der Waals surface area contributed by atoms with E-state index in [1.165, 1.54) is 24.5 Å². The van der Waals surface area contributed by atoms with E-state index in [1.807, 2.05) is 0 Å². The van der Waals surface area contributed by atoms with Crippen molar-refractivity contribution in [1.82, 2.24) is 15.8 Å². The third kappa shape index (κ3) is 3.55. The summed E-state index contributed by atoms with van der Waals surface area (Å²) < 4.78 is 27.0. The maximum atomic E-state index is 13.7. The number of hydrogen-bond donors (Lipinski definition) is 2. The molecule has 0 aliphatic rings. The zero-order valence-electron chi connectivity index (χ0n) is 10.7. The second-order valence-electron chi connectivity index (χ2n) is 4.04. The molecule has 2 rings (SSSR count). The van der Waals surface area contributed by atoms with Crippen LogP contribution < -0.4 is 10.9 Å². The number of pyridine rings is 1. The highest BCUT2D eigenvalue weighted by molar-refractivity contribution is 6.30. The van der Waals surface area contributed by atoms with E-state index in [0.29, 0.717) is 5.56 Å². The minimum absolute atomic E-state index is 0.00882. The first-order chi connectivity index (χ1) is 9.99. The van der Waals surface area contributed by atoms with Gasteiger partial charge in [0.05, 0.1) is 10.7 Å². The Kier molecular flexibility index (Phi) is 4.49. The van der Waals surface area contributed by atoms with Gasteiger partial charge in [0.25, 0.3) is 5.91 Å². The number of rotatable bonds is 4. The Morgan fingerprint density at radius 2 is 1.81 bits per heavy atom. The molecular weight excluding hydrogens is 300 g/mol. The predicted octanol–water partition coefficient (Wildman–Crippen LogP) is 2.92. The van der Waals surface area contributed by atoms with Crippen LogP contribution in [-0.4, -0.2) is 10.9 Å². The maximum Gasteiger partial charge on any atom is 0.269 e. The monoisotopic (exact) mass is 309 g/mol. The summed E-state index contributed by atoms with van der Waals surface area (Å²) in [4.78, 5) is 15.5. The summed E-state index contributed by atoms with van der Waals surface area (Å²) >= 11 is 5.46. The van der Waals surface area contributed by atoms with Crippen LogP contribution in [-0.2, 0) is 0 Å². The molecule has 2 aromatic rings. The van der Waals surface area contributed by atoms with E-state index in [9.17, 15) is 13.6 Å². The fourth-order valence-corrected chi connectivity index (χ4v) is 1.68. The fourth-order valence-electron chi connectivity index (χ4n) is 1.53. The lowest BCUT2D eigenvalue weighted by Crippen LogP contribution is -2.36. The van der Waals surface area contributed by atoms with Crippen molar-refractivity contribution in [3.05, 3.63) is 71.0 Å². The molecule has 0 unspecified atom stereocenters. The molecule has 21 heavy (non-hydrogen) atoms. The van der Waals surface area contributed by atoms with Gasteiger partial charge in [0, 0.05) is 23.5 Å². The van der Waals surface area contributed by atoms with Crippen LogP contribution in [0.5, 0.6) is 0 Å². The van der Waals surface area contributed by atoms with Crippen LogP contribution in [0.15, 0.2) is 43.2 Å². The predicted molar refractivity (Wildman–Crippen MR) is 75.2 cm³/mol. The Bertz CT molecular complexity index is 692. The molecule has 0 atom stereocenters. The quantitative estimate of drug-likeness (QED) is 0.674. The molecule has 1 aromatic heterocycles. The van der Waals surface area contributed by atoms with Gasteiger partial charge in [-0.25, -0.2) is 8.78 Å². The Morgan fingerprint density at radius 1 is 1.14 bits per heavy atom. The average Bonchev–Trinajstić information content (AvgIpc) is 2.49. The van der Waals surface area contributed by atoms with Crippen LogP contribution >= 0.6 is 11.6 Å². The highest BCUT2D eigenvalue weighted by atomic mass is 35.5. The topological polar surface area (TPSA) is 54.0 Å². The standard InChI is InChI=1S/C14H10ClF2N3O/c1-8(10-6-13(17)11(15)7-12(10)16)19-20-14(21)9-2-4-18-5-3-9/h2-7,19H,1H2,(H,20,21). The molecule has 0 aliphatic carbocycles. The SMILES string of the molecule is C=C(NNC(=O)c1ccncc1)c1cc(F)c(Cl)cc1F. The largest absolute Gasteiger partial charge is 0.298 e. The highest BCUT2D eigenvalue weighted by Crippen LogP contribution is 2.22. The number of amides is 1. The van der Waals surface area contributed by atoms with E-state index in [4.69, 9.17) is 11.6 Å². The van der Waals surface area contributed by atoms with Gasteiger partial charge in [-0.2, -0.15) is 0 Å². The number of benzene rings is 1. The van der Waals surface area contributed by atoms with Crippen molar-refractivity contribution in [2.75, 3.05) is 0 Å². The van der Waals surface area contributed by atoms with Crippen molar-refractivity contribution in [1.29, 1.82) is 0 Å². The third-order valence-corrected chi connectivity index (χ3v) is 2.89. The van der Waals surface area contributed by atoms with Gasteiger partial charge in [0.15, 0.2) is 0 Å². The number of nitrogens with zero attached hydrogens (tertiary/aromatic N) is 1. The molecule has 0 aliphatic heterocycles. The number of hydrogen-bond acceptors (Lipinski definition) is 3. The van der Waals surface area contributed by atoms with Crippen molar-refractivity contribution < 1.29 is 13.6 Å². The lowest BCUT2D eigenvalue weighted by atomic mass is 10.1. The molecule has 1 heterocycles. The summed E-state index contributed by atoms with van der Waals surface area (Å²) in [5.74, 6) is -2.00. The minimum atomic E-state index is -0.781. The summed E-state index contributed by atoms with van der Waals surface area (Å²) in [5, 5.41) is -0.329. The van der Waals surface area contributed by atoms with E-state index in [-0.39, 0.29) is 16.3 Å². The first kappa shape index (κ1) is 14.9. The second kappa shape index (κ2) is 6.32. The van der Waals surface area contributed by atoms with Gasteiger partial charge in [-0.3, -0.25) is 20.6 Å².